The Labute approximate surface area is 167 Å². The molecule has 0 aliphatic heterocycles. The molecule has 0 radical (unpaired) electrons. The fourth-order valence-corrected chi connectivity index (χ4v) is 3.48. The van der Waals surface area contributed by atoms with Gasteiger partial charge in [-0.25, -0.2) is 4.79 Å². The molecular formula is C23H32N3O2+. The van der Waals surface area contributed by atoms with Gasteiger partial charge < -0.3 is 11.1 Å². The Morgan fingerprint density at radius 2 is 1.54 bits per heavy atom. The molecule has 0 aromatic heterocycles. The van der Waals surface area contributed by atoms with Crippen LogP contribution in [0.25, 0.3) is 0 Å². The van der Waals surface area contributed by atoms with Crippen LogP contribution in [0, 0.1) is 11.8 Å². The molecule has 0 saturated heterocycles. The predicted molar refractivity (Wildman–Crippen MR) is 111 cm³/mol. The number of urea groups is 1. The average Bonchev–Trinajstić information content (AvgIpc) is 2.62. The molecular weight excluding hydrogens is 350 g/mol. The molecule has 0 heterocycles. The molecule has 0 bridgehead atoms. The molecule has 0 unspecified atom stereocenters. The zero-order valence-electron chi connectivity index (χ0n) is 17.2. The molecule has 2 atom stereocenters. The first-order valence-corrected chi connectivity index (χ1v) is 9.87. The Hall–Kier alpha value is -2.66. The molecule has 0 aliphatic carbocycles. The van der Waals surface area contributed by atoms with Crippen LogP contribution in [0.2, 0.25) is 0 Å². The fourth-order valence-electron chi connectivity index (χ4n) is 3.48. The van der Waals surface area contributed by atoms with Crippen LogP contribution in [0.4, 0.5) is 4.79 Å². The average molecular weight is 383 g/mol. The van der Waals surface area contributed by atoms with Gasteiger partial charge in [-0.2, -0.15) is 0 Å². The molecule has 150 valence electrons. The van der Waals surface area contributed by atoms with E-state index in [0.29, 0.717) is 11.8 Å². The second-order valence-corrected chi connectivity index (χ2v) is 8.04. The first-order chi connectivity index (χ1) is 13.3. The van der Waals surface area contributed by atoms with Crippen molar-refractivity contribution in [3.8, 4) is 0 Å². The van der Waals surface area contributed by atoms with Crippen LogP contribution in [0.3, 0.4) is 0 Å². The first kappa shape index (κ1) is 21.6. The molecule has 3 amide bonds. The quantitative estimate of drug-likeness (QED) is 0.655. The highest BCUT2D eigenvalue weighted by Gasteiger charge is 2.31. The highest BCUT2D eigenvalue weighted by Crippen LogP contribution is 2.21. The largest absolute Gasteiger partial charge is 0.351 e. The van der Waals surface area contributed by atoms with Gasteiger partial charge in [0, 0.05) is 17.0 Å². The number of imide groups is 1. The maximum atomic E-state index is 12.7. The molecule has 0 saturated carbocycles. The van der Waals surface area contributed by atoms with Crippen LogP contribution in [0.15, 0.2) is 54.6 Å². The van der Waals surface area contributed by atoms with E-state index in [1.165, 1.54) is 5.56 Å². The molecule has 0 aliphatic rings. The second-order valence-electron chi connectivity index (χ2n) is 8.04. The van der Waals surface area contributed by atoms with Gasteiger partial charge in [0.1, 0.15) is 6.04 Å². The summed E-state index contributed by atoms with van der Waals surface area (Å²) in [7, 11) is 0. The minimum atomic E-state index is -0.835. The summed E-state index contributed by atoms with van der Waals surface area (Å²) in [5, 5.41) is 4.26. The SMILES string of the molecule is CC(C)Cc1ccc([C@@H]([NH2+][C@@H](C(=O)NC(N)=O)c2ccccc2)C(C)C)cc1. The van der Waals surface area contributed by atoms with Crippen molar-refractivity contribution in [1.29, 1.82) is 0 Å². The third kappa shape index (κ3) is 6.20. The van der Waals surface area contributed by atoms with Crippen molar-refractivity contribution >= 4 is 11.9 Å². The number of nitrogens with one attached hydrogen (secondary N) is 1. The fraction of sp³-hybridized carbons (Fsp3) is 0.391. The van der Waals surface area contributed by atoms with Gasteiger partial charge in [-0.1, -0.05) is 82.3 Å². The van der Waals surface area contributed by atoms with Gasteiger partial charge in [0.05, 0.1) is 0 Å². The zero-order chi connectivity index (χ0) is 20.7. The Balaban J connectivity index is 2.29. The van der Waals surface area contributed by atoms with Crippen molar-refractivity contribution in [3.63, 3.8) is 0 Å². The van der Waals surface area contributed by atoms with Crippen molar-refractivity contribution in [2.24, 2.45) is 17.6 Å². The Morgan fingerprint density at radius 3 is 2.04 bits per heavy atom. The molecule has 2 rings (SSSR count). The lowest BCUT2D eigenvalue weighted by Crippen LogP contribution is -2.89. The lowest BCUT2D eigenvalue weighted by atomic mass is 9.92. The van der Waals surface area contributed by atoms with Gasteiger partial charge in [-0.3, -0.25) is 10.1 Å². The van der Waals surface area contributed by atoms with E-state index >= 15 is 0 Å². The number of hydrogen-bond acceptors (Lipinski definition) is 2. The molecule has 2 aromatic carbocycles. The third-order valence-electron chi connectivity index (χ3n) is 4.81. The number of benzene rings is 2. The van der Waals surface area contributed by atoms with E-state index in [-0.39, 0.29) is 6.04 Å². The molecule has 2 aromatic rings. The monoisotopic (exact) mass is 382 g/mol. The van der Waals surface area contributed by atoms with Crippen LogP contribution in [0.5, 0.6) is 0 Å². The van der Waals surface area contributed by atoms with Crippen LogP contribution in [-0.2, 0) is 11.2 Å². The van der Waals surface area contributed by atoms with Gasteiger partial charge in [0.15, 0.2) is 6.04 Å². The summed E-state index contributed by atoms with van der Waals surface area (Å²) < 4.78 is 0. The number of carbonyl (C=O) groups excluding carboxylic acids is 2. The van der Waals surface area contributed by atoms with Crippen molar-refractivity contribution in [3.05, 3.63) is 71.3 Å². The summed E-state index contributed by atoms with van der Waals surface area (Å²) in [5.41, 5.74) is 8.49. The van der Waals surface area contributed by atoms with Crippen molar-refractivity contribution < 1.29 is 14.9 Å². The smallest absolute Gasteiger partial charge is 0.319 e. The Bertz CT molecular complexity index is 770. The van der Waals surface area contributed by atoms with Crippen molar-refractivity contribution in [1.82, 2.24) is 5.32 Å². The highest BCUT2D eigenvalue weighted by atomic mass is 16.2. The van der Waals surface area contributed by atoms with Crippen molar-refractivity contribution in [2.45, 2.75) is 46.2 Å². The third-order valence-corrected chi connectivity index (χ3v) is 4.81. The standard InChI is InChI=1S/C23H31N3O2/c1-15(2)14-17-10-12-19(13-11-17)20(16(3)4)25-21(22(27)26-23(24)28)18-8-6-5-7-9-18/h5-13,15-16,20-21,25H,14H2,1-4H3,(H3,24,26,27,28)/p+1/t20-,21+/m0/s1. The lowest BCUT2D eigenvalue weighted by molar-refractivity contribution is -0.728. The summed E-state index contributed by atoms with van der Waals surface area (Å²) in [6, 6.07) is 16.8. The molecule has 0 fully saturated rings. The van der Waals surface area contributed by atoms with Gasteiger partial charge in [-0.05, 0) is 17.9 Å². The van der Waals surface area contributed by atoms with E-state index in [1.54, 1.807) is 0 Å². The van der Waals surface area contributed by atoms with E-state index in [2.05, 4.69) is 57.3 Å². The van der Waals surface area contributed by atoms with Crippen molar-refractivity contribution in [2.75, 3.05) is 0 Å². The van der Waals surface area contributed by atoms with Gasteiger partial charge >= 0.3 is 6.03 Å². The van der Waals surface area contributed by atoms with Gasteiger partial charge in [0.25, 0.3) is 5.91 Å². The molecule has 28 heavy (non-hydrogen) atoms. The number of carbonyl (C=O) groups is 2. The number of quaternary nitrogens is 1. The highest BCUT2D eigenvalue weighted by molar-refractivity contribution is 5.96. The maximum absolute atomic E-state index is 12.7. The lowest BCUT2D eigenvalue weighted by Gasteiger charge is -2.25. The topological polar surface area (TPSA) is 88.8 Å². The summed E-state index contributed by atoms with van der Waals surface area (Å²) >= 11 is 0. The number of hydrogen-bond donors (Lipinski definition) is 3. The number of amides is 3. The normalized spacial score (nSPS) is 13.4. The van der Waals surface area contributed by atoms with Gasteiger partial charge in [-0.15, -0.1) is 0 Å². The number of rotatable bonds is 8. The van der Waals surface area contributed by atoms with E-state index in [1.807, 2.05) is 35.6 Å². The van der Waals surface area contributed by atoms with E-state index in [9.17, 15) is 9.59 Å². The minimum Gasteiger partial charge on any atom is -0.351 e. The van der Waals surface area contributed by atoms with Gasteiger partial charge in [0.2, 0.25) is 0 Å². The van der Waals surface area contributed by atoms with E-state index in [4.69, 9.17) is 5.73 Å². The minimum absolute atomic E-state index is 0.0666. The Kier molecular flexibility index (Phi) is 7.76. The molecule has 5 N–H and O–H groups in total. The molecule has 5 nitrogen and oxygen atoms in total. The number of primary amides is 1. The first-order valence-electron chi connectivity index (χ1n) is 9.87. The Morgan fingerprint density at radius 1 is 0.929 bits per heavy atom. The number of nitrogens with two attached hydrogens (primary N) is 2. The van der Waals surface area contributed by atoms with Crippen LogP contribution < -0.4 is 16.4 Å². The van der Waals surface area contributed by atoms with Crippen LogP contribution in [0.1, 0.15) is 56.5 Å². The summed E-state index contributed by atoms with van der Waals surface area (Å²) in [5.74, 6) is 0.502. The van der Waals surface area contributed by atoms with Crippen LogP contribution in [-0.4, -0.2) is 11.9 Å². The zero-order valence-corrected chi connectivity index (χ0v) is 17.2. The molecule has 5 heteroatoms. The summed E-state index contributed by atoms with van der Waals surface area (Å²) in [6.45, 7) is 8.69. The molecule has 0 spiro atoms. The predicted octanol–water partition coefficient (Wildman–Crippen LogP) is 3.08. The van der Waals surface area contributed by atoms with Crippen LogP contribution >= 0.6 is 0 Å². The summed E-state index contributed by atoms with van der Waals surface area (Å²) in [4.78, 5) is 23.9. The summed E-state index contributed by atoms with van der Waals surface area (Å²) in [6.07, 6.45) is 1.05. The second kappa shape index (κ2) is 10.0. The van der Waals surface area contributed by atoms with E-state index in [0.717, 1.165) is 17.5 Å². The maximum Gasteiger partial charge on any atom is 0.319 e. The van der Waals surface area contributed by atoms with E-state index < -0.39 is 18.0 Å².